The van der Waals surface area contributed by atoms with Gasteiger partial charge in [0.25, 0.3) is 0 Å². The minimum absolute atomic E-state index is 0.824. The first-order valence-electron chi connectivity index (χ1n) is 5.55. The minimum Gasteiger partial charge on any atom is -0.454 e. The lowest BCUT2D eigenvalue weighted by atomic mass is 10.3. The van der Waals surface area contributed by atoms with Crippen molar-refractivity contribution in [3.63, 3.8) is 0 Å². The number of rotatable bonds is 3. The number of para-hydroxylation sites is 1. The Morgan fingerprint density at radius 2 is 2.11 bits per heavy atom. The quantitative estimate of drug-likeness (QED) is 0.637. The predicted octanol–water partition coefficient (Wildman–Crippen LogP) is 4.96. The standard InChI is InChI=1S/C14H10BrNOS/c15-9-3-4-10-7-8-12(17-10)14-16-11-5-1-2-6-13(11)18-14/h1-8H,9H2. The highest BCUT2D eigenvalue weighted by atomic mass is 79.9. The lowest BCUT2D eigenvalue weighted by molar-refractivity contribution is 0.571. The van der Waals surface area contributed by atoms with Crippen LogP contribution in [-0.2, 0) is 0 Å². The van der Waals surface area contributed by atoms with Gasteiger partial charge >= 0.3 is 0 Å². The Hall–Kier alpha value is -1.39. The van der Waals surface area contributed by atoms with Crippen molar-refractivity contribution in [2.45, 2.75) is 0 Å². The highest BCUT2D eigenvalue weighted by molar-refractivity contribution is 9.09. The van der Waals surface area contributed by atoms with Crippen LogP contribution in [0.4, 0.5) is 0 Å². The van der Waals surface area contributed by atoms with Crippen molar-refractivity contribution in [2.24, 2.45) is 0 Å². The van der Waals surface area contributed by atoms with Crippen LogP contribution >= 0.6 is 27.3 Å². The zero-order valence-electron chi connectivity index (χ0n) is 9.47. The number of thiazole rings is 1. The third-order valence-electron chi connectivity index (χ3n) is 2.50. The van der Waals surface area contributed by atoms with Crippen LogP contribution in [0.1, 0.15) is 5.76 Å². The Morgan fingerprint density at radius 3 is 2.94 bits per heavy atom. The third kappa shape index (κ3) is 2.26. The van der Waals surface area contributed by atoms with Crippen molar-refractivity contribution in [3.05, 3.63) is 48.2 Å². The van der Waals surface area contributed by atoms with E-state index >= 15 is 0 Å². The predicted molar refractivity (Wildman–Crippen MR) is 80.2 cm³/mol. The molecule has 0 atom stereocenters. The fourth-order valence-electron chi connectivity index (χ4n) is 1.70. The summed E-state index contributed by atoms with van der Waals surface area (Å²) in [6.07, 6.45) is 3.95. The number of alkyl halides is 1. The summed E-state index contributed by atoms with van der Waals surface area (Å²) in [6, 6.07) is 12.0. The van der Waals surface area contributed by atoms with Crippen molar-refractivity contribution in [1.29, 1.82) is 0 Å². The van der Waals surface area contributed by atoms with Gasteiger partial charge < -0.3 is 4.42 Å². The Balaban J connectivity index is 1.98. The van der Waals surface area contributed by atoms with E-state index in [-0.39, 0.29) is 0 Å². The third-order valence-corrected chi connectivity index (χ3v) is 3.93. The topological polar surface area (TPSA) is 26.0 Å². The van der Waals surface area contributed by atoms with Gasteiger partial charge in [0.15, 0.2) is 10.8 Å². The van der Waals surface area contributed by atoms with E-state index in [2.05, 4.69) is 27.0 Å². The number of fused-ring (bicyclic) bond motifs is 1. The molecule has 4 heteroatoms. The van der Waals surface area contributed by atoms with Gasteiger partial charge in [-0.1, -0.05) is 34.1 Å². The van der Waals surface area contributed by atoms with E-state index in [9.17, 15) is 0 Å². The normalized spacial score (nSPS) is 11.6. The fraction of sp³-hybridized carbons (Fsp3) is 0.0714. The summed E-state index contributed by atoms with van der Waals surface area (Å²) in [5.41, 5.74) is 1.02. The van der Waals surface area contributed by atoms with Gasteiger partial charge in [0, 0.05) is 5.33 Å². The van der Waals surface area contributed by atoms with Gasteiger partial charge in [-0.05, 0) is 30.3 Å². The van der Waals surface area contributed by atoms with Crippen LogP contribution in [0.15, 0.2) is 46.9 Å². The number of hydrogen-bond donors (Lipinski definition) is 0. The summed E-state index contributed by atoms with van der Waals surface area (Å²) in [6.45, 7) is 0. The summed E-state index contributed by atoms with van der Waals surface area (Å²) >= 11 is 4.99. The number of benzene rings is 1. The van der Waals surface area contributed by atoms with Crippen LogP contribution in [0.25, 0.3) is 27.1 Å². The van der Waals surface area contributed by atoms with Crippen LogP contribution in [0.5, 0.6) is 0 Å². The first kappa shape index (κ1) is 11.7. The molecule has 0 fully saturated rings. The van der Waals surface area contributed by atoms with Crippen molar-refractivity contribution in [2.75, 3.05) is 5.33 Å². The van der Waals surface area contributed by atoms with E-state index in [0.29, 0.717) is 0 Å². The Kier molecular flexibility index (Phi) is 3.30. The zero-order valence-corrected chi connectivity index (χ0v) is 11.9. The van der Waals surface area contributed by atoms with Crippen molar-refractivity contribution < 1.29 is 4.42 Å². The molecule has 2 aromatic heterocycles. The molecule has 0 saturated carbocycles. The number of hydrogen-bond acceptors (Lipinski definition) is 3. The molecule has 0 saturated heterocycles. The Morgan fingerprint density at radius 1 is 1.22 bits per heavy atom. The summed E-state index contributed by atoms with van der Waals surface area (Å²) in [7, 11) is 0. The number of aromatic nitrogens is 1. The minimum atomic E-state index is 0.824. The average molecular weight is 320 g/mol. The SMILES string of the molecule is BrCC=Cc1ccc(-c2nc3ccccc3s2)o1. The zero-order chi connectivity index (χ0) is 12.4. The molecule has 0 amide bonds. The highest BCUT2D eigenvalue weighted by Gasteiger charge is 2.09. The van der Waals surface area contributed by atoms with Gasteiger partial charge in [0.2, 0.25) is 0 Å². The Labute approximate surface area is 117 Å². The average Bonchev–Trinajstić information content (AvgIpc) is 3.02. The van der Waals surface area contributed by atoms with Crippen LogP contribution in [-0.4, -0.2) is 10.3 Å². The second kappa shape index (κ2) is 5.08. The molecular formula is C14H10BrNOS. The van der Waals surface area contributed by atoms with Gasteiger partial charge in [0.1, 0.15) is 5.76 Å². The molecule has 18 heavy (non-hydrogen) atoms. The lowest BCUT2D eigenvalue weighted by Crippen LogP contribution is -1.70. The van der Waals surface area contributed by atoms with E-state index in [1.54, 1.807) is 11.3 Å². The molecule has 0 aliphatic rings. The van der Waals surface area contributed by atoms with Crippen LogP contribution in [0.2, 0.25) is 0 Å². The molecule has 3 rings (SSSR count). The van der Waals surface area contributed by atoms with Crippen molar-refractivity contribution in [3.8, 4) is 10.8 Å². The smallest absolute Gasteiger partial charge is 0.163 e. The number of furan rings is 1. The maximum absolute atomic E-state index is 5.74. The summed E-state index contributed by atoms with van der Waals surface area (Å²) < 4.78 is 6.92. The van der Waals surface area contributed by atoms with Crippen molar-refractivity contribution >= 4 is 43.6 Å². The van der Waals surface area contributed by atoms with Crippen LogP contribution in [0.3, 0.4) is 0 Å². The second-order valence-electron chi connectivity index (χ2n) is 3.75. The monoisotopic (exact) mass is 319 g/mol. The van der Waals surface area contributed by atoms with E-state index in [1.165, 1.54) is 4.70 Å². The van der Waals surface area contributed by atoms with Gasteiger partial charge in [-0.15, -0.1) is 11.3 Å². The molecule has 1 aromatic carbocycles. The van der Waals surface area contributed by atoms with Gasteiger partial charge in [-0.3, -0.25) is 0 Å². The van der Waals surface area contributed by atoms with E-state index in [1.807, 2.05) is 42.5 Å². The second-order valence-corrected chi connectivity index (χ2v) is 5.42. The van der Waals surface area contributed by atoms with E-state index in [0.717, 1.165) is 27.4 Å². The molecule has 2 heterocycles. The number of nitrogens with zero attached hydrogens (tertiary/aromatic N) is 1. The fourth-order valence-corrected chi connectivity index (χ4v) is 2.81. The summed E-state index contributed by atoms with van der Waals surface area (Å²) in [5.74, 6) is 1.68. The first-order chi connectivity index (χ1) is 8.86. The van der Waals surface area contributed by atoms with Gasteiger partial charge in [-0.2, -0.15) is 0 Å². The van der Waals surface area contributed by atoms with E-state index in [4.69, 9.17) is 4.42 Å². The summed E-state index contributed by atoms with van der Waals surface area (Å²) in [4.78, 5) is 4.57. The largest absolute Gasteiger partial charge is 0.454 e. The molecule has 0 aliphatic carbocycles. The Bertz CT molecular complexity index is 665. The molecule has 0 N–H and O–H groups in total. The lowest BCUT2D eigenvalue weighted by Gasteiger charge is -1.87. The maximum Gasteiger partial charge on any atom is 0.163 e. The highest BCUT2D eigenvalue weighted by Crippen LogP contribution is 2.31. The molecule has 2 nitrogen and oxygen atoms in total. The molecule has 0 unspecified atom stereocenters. The molecule has 0 aliphatic heterocycles. The molecule has 0 radical (unpaired) electrons. The molecular weight excluding hydrogens is 310 g/mol. The number of halogens is 1. The number of allylic oxidation sites excluding steroid dienone is 1. The molecule has 3 aromatic rings. The van der Waals surface area contributed by atoms with Crippen molar-refractivity contribution in [1.82, 2.24) is 4.98 Å². The van der Waals surface area contributed by atoms with Gasteiger partial charge in [0.05, 0.1) is 10.2 Å². The van der Waals surface area contributed by atoms with Crippen LogP contribution < -0.4 is 0 Å². The summed E-state index contributed by atoms with van der Waals surface area (Å²) in [5, 5.41) is 1.75. The van der Waals surface area contributed by atoms with E-state index < -0.39 is 0 Å². The van der Waals surface area contributed by atoms with Gasteiger partial charge in [-0.25, -0.2) is 4.98 Å². The molecule has 90 valence electrons. The maximum atomic E-state index is 5.74. The first-order valence-corrected chi connectivity index (χ1v) is 7.49. The molecule has 0 bridgehead atoms. The molecule has 0 spiro atoms. The van der Waals surface area contributed by atoms with Crippen LogP contribution in [0, 0.1) is 0 Å².